The molecule has 0 aliphatic heterocycles. The van der Waals surface area contributed by atoms with E-state index in [4.69, 9.17) is 0 Å². The lowest BCUT2D eigenvalue weighted by molar-refractivity contribution is -0.130. The van der Waals surface area contributed by atoms with Crippen molar-refractivity contribution < 1.29 is 14.3 Å². The number of allylic oxidation sites excluding steroid dienone is 1. The minimum Gasteiger partial charge on any atom is -0.426 e. The van der Waals surface area contributed by atoms with Gasteiger partial charge in [-0.05, 0) is 0 Å². The van der Waals surface area contributed by atoms with Crippen LogP contribution in [0.4, 0.5) is 0 Å². The van der Waals surface area contributed by atoms with Gasteiger partial charge in [0.2, 0.25) is 0 Å². The van der Waals surface area contributed by atoms with Gasteiger partial charge in [0.25, 0.3) is 6.47 Å². The Hall–Kier alpha value is -1.12. The summed E-state index contributed by atoms with van der Waals surface area (Å²) in [4.78, 5) is 19.6. The summed E-state index contributed by atoms with van der Waals surface area (Å²) in [6.07, 6.45) is 0. The molecular formula is C5H6O3. The van der Waals surface area contributed by atoms with Crippen LogP contribution in [0.25, 0.3) is 0 Å². The molecule has 0 radical (unpaired) electrons. The molecule has 0 unspecified atom stereocenters. The molecule has 0 atom stereocenters. The van der Waals surface area contributed by atoms with E-state index in [0.29, 0.717) is 0 Å². The molecule has 0 aromatic rings. The van der Waals surface area contributed by atoms with Crippen LogP contribution in [0.2, 0.25) is 0 Å². The number of rotatable bonds is 3. The third-order valence-corrected chi connectivity index (χ3v) is 0.583. The van der Waals surface area contributed by atoms with Crippen molar-refractivity contribution in [2.75, 3.05) is 0 Å². The maximum atomic E-state index is 10.2. The molecule has 0 aromatic heterocycles. The first-order valence-electron chi connectivity index (χ1n) is 1.98. The highest BCUT2D eigenvalue weighted by molar-refractivity contribution is 5.91. The molecule has 3 heteroatoms. The molecule has 0 spiro atoms. The molecule has 0 saturated carbocycles. The SMILES string of the molecule is C=C(OC=O)C(C)=O. The molecule has 0 rings (SSSR count). The molecule has 0 saturated heterocycles. The predicted molar refractivity (Wildman–Crippen MR) is 27.0 cm³/mol. The van der Waals surface area contributed by atoms with E-state index in [1.807, 2.05) is 0 Å². The van der Waals surface area contributed by atoms with Gasteiger partial charge in [-0.25, -0.2) is 0 Å². The molecule has 0 fully saturated rings. The average Bonchev–Trinajstić information content (AvgIpc) is 1.67. The van der Waals surface area contributed by atoms with Crippen LogP contribution in [0, 0.1) is 0 Å². The molecule has 0 aliphatic carbocycles. The number of hydrogen-bond donors (Lipinski definition) is 0. The van der Waals surface area contributed by atoms with E-state index < -0.39 is 0 Å². The number of hydrogen-bond acceptors (Lipinski definition) is 3. The lowest BCUT2D eigenvalue weighted by atomic mass is 10.4. The standard InChI is InChI=1S/C5H6O3/c1-4(7)5(2)8-3-6/h3H,2H2,1H3. The predicted octanol–water partition coefficient (Wildman–Crippen LogP) is 0.262. The molecular weight excluding hydrogens is 108 g/mol. The van der Waals surface area contributed by atoms with E-state index in [0.717, 1.165) is 0 Å². The minimum atomic E-state index is -0.336. The smallest absolute Gasteiger partial charge is 0.298 e. The summed E-state index contributed by atoms with van der Waals surface area (Å²) < 4.78 is 4.08. The highest BCUT2D eigenvalue weighted by Gasteiger charge is 1.97. The van der Waals surface area contributed by atoms with Crippen molar-refractivity contribution in [3.63, 3.8) is 0 Å². The highest BCUT2D eigenvalue weighted by atomic mass is 16.5. The van der Waals surface area contributed by atoms with E-state index in [1.165, 1.54) is 6.92 Å². The molecule has 44 valence electrons. The second kappa shape index (κ2) is 2.96. The Bertz CT molecular complexity index is 126. The van der Waals surface area contributed by atoms with Gasteiger partial charge in [-0.1, -0.05) is 6.58 Å². The summed E-state index contributed by atoms with van der Waals surface area (Å²) >= 11 is 0. The van der Waals surface area contributed by atoms with Crippen LogP contribution in [0.3, 0.4) is 0 Å². The first kappa shape index (κ1) is 6.88. The fraction of sp³-hybridized carbons (Fsp3) is 0.200. The largest absolute Gasteiger partial charge is 0.426 e. The number of carbonyl (C=O) groups is 2. The van der Waals surface area contributed by atoms with Crippen molar-refractivity contribution in [1.29, 1.82) is 0 Å². The summed E-state index contributed by atoms with van der Waals surface area (Å²) in [6.45, 7) is 4.58. The number of ketones is 1. The van der Waals surface area contributed by atoms with E-state index in [9.17, 15) is 9.59 Å². The summed E-state index contributed by atoms with van der Waals surface area (Å²) in [5, 5.41) is 0. The zero-order valence-electron chi connectivity index (χ0n) is 4.51. The molecule has 3 nitrogen and oxygen atoms in total. The van der Waals surface area contributed by atoms with Crippen LogP contribution in [-0.4, -0.2) is 12.3 Å². The second-order valence-corrected chi connectivity index (χ2v) is 1.19. The average molecular weight is 114 g/mol. The Balaban J connectivity index is 3.65. The van der Waals surface area contributed by atoms with Gasteiger partial charge in [0, 0.05) is 6.92 Å². The molecule has 0 N–H and O–H groups in total. The van der Waals surface area contributed by atoms with E-state index >= 15 is 0 Å². The summed E-state index contributed by atoms with van der Waals surface area (Å²) in [6, 6.07) is 0. The van der Waals surface area contributed by atoms with Crippen molar-refractivity contribution in [3.8, 4) is 0 Å². The monoisotopic (exact) mass is 114 g/mol. The Morgan fingerprint density at radius 2 is 2.25 bits per heavy atom. The molecule has 0 heterocycles. The summed E-state index contributed by atoms with van der Waals surface area (Å²) in [7, 11) is 0. The van der Waals surface area contributed by atoms with Crippen LogP contribution in [0.1, 0.15) is 6.92 Å². The van der Waals surface area contributed by atoms with Crippen LogP contribution in [0.5, 0.6) is 0 Å². The van der Waals surface area contributed by atoms with Gasteiger partial charge < -0.3 is 4.74 Å². The number of carbonyl (C=O) groups excluding carboxylic acids is 2. The normalized spacial score (nSPS) is 7.62. The first-order chi connectivity index (χ1) is 3.68. The van der Waals surface area contributed by atoms with Crippen molar-refractivity contribution in [2.24, 2.45) is 0 Å². The minimum absolute atomic E-state index is 0.125. The Labute approximate surface area is 46.9 Å². The van der Waals surface area contributed by atoms with Gasteiger partial charge in [-0.3, -0.25) is 9.59 Å². The van der Waals surface area contributed by atoms with Gasteiger partial charge in [0.1, 0.15) is 0 Å². The molecule has 0 aromatic carbocycles. The third-order valence-electron chi connectivity index (χ3n) is 0.583. The van der Waals surface area contributed by atoms with Crippen LogP contribution in [0.15, 0.2) is 12.3 Å². The Kier molecular flexibility index (Phi) is 2.54. The lowest BCUT2D eigenvalue weighted by Crippen LogP contribution is -1.97. The molecule has 0 amide bonds. The van der Waals surface area contributed by atoms with Gasteiger partial charge in [0.05, 0.1) is 0 Å². The lowest BCUT2D eigenvalue weighted by Gasteiger charge is -1.92. The molecule has 0 bridgehead atoms. The fourth-order valence-electron chi connectivity index (χ4n) is 0.141. The summed E-state index contributed by atoms with van der Waals surface area (Å²) in [5.74, 6) is -0.461. The van der Waals surface area contributed by atoms with E-state index in [2.05, 4.69) is 11.3 Å². The van der Waals surface area contributed by atoms with Gasteiger partial charge in [-0.15, -0.1) is 0 Å². The second-order valence-electron chi connectivity index (χ2n) is 1.19. The van der Waals surface area contributed by atoms with Crippen molar-refractivity contribution in [2.45, 2.75) is 6.92 Å². The topological polar surface area (TPSA) is 43.4 Å². The maximum absolute atomic E-state index is 10.2. The molecule has 8 heavy (non-hydrogen) atoms. The number of Topliss-reactive ketones (excluding diaryl/α,β-unsaturated/α-hetero) is 1. The third kappa shape index (κ3) is 2.12. The Morgan fingerprint density at radius 3 is 2.38 bits per heavy atom. The fourth-order valence-corrected chi connectivity index (χ4v) is 0.141. The van der Waals surface area contributed by atoms with Crippen molar-refractivity contribution >= 4 is 12.3 Å². The van der Waals surface area contributed by atoms with Crippen LogP contribution < -0.4 is 0 Å². The van der Waals surface area contributed by atoms with Gasteiger partial charge in [0.15, 0.2) is 11.5 Å². The Morgan fingerprint density at radius 1 is 1.75 bits per heavy atom. The van der Waals surface area contributed by atoms with Gasteiger partial charge in [-0.2, -0.15) is 0 Å². The molecule has 0 aliphatic rings. The zero-order valence-corrected chi connectivity index (χ0v) is 4.51. The van der Waals surface area contributed by atoms with E-state index in [1.54, 1.807) is 0 Å². The van der Waals surface area contributed by atoms with Gasteiger partial charge >= 0.3 is 0 Å². The maximum Gasteiger partial charge on any atom is 0.298 e. The van der Waals surface area contributed by atoms with Crippen LogP contribution >= 0.6 is 0 Å². The van der Waals surface area contributed by atoms with Crippen molar-refractivity contribution in [1.82, 2.24) is 0 Å². The van der Waals surface area contributed by atoms with Crippen LogP contribution in [-0.2, 0) is 14.3 Å². The summed E-state index contributed by atoms with van der Waals surface area (Å²) in [5.41, 5.74) is 0. The highest BCUT2D eigenvalue weighted by Crippen LogP contribution is 1.89. The zero-order chi connectivity index (χ0) is 6.57. The first-order valence-corrected chi connectivity index (χ1v) is 1.98. The van der Waals surface area contributed by atoms with E-state index in [-0.39, 0.29) is 18.0 Å². The number of ether oxygens (including phenoxy) is 1. The quantitative estimate of drug-likeness (QED) is 0.300. The van der Waals surface area contributed by atoms with Crippen molar-refractivity contribution in [3.05, 3.63) is 12.3 Å².